The van der Waals surface area contributed by atoms with Crippen LogP contribution in [-0.2, 0) is 11.2 Å². The van der Waals surface area contributed by atoms with Crippen LogP contribution in [0.4, 0.5) is 4.39 Å². The molecule has 2 aromatic carbocycles. The minimum Gasteiger partial charge on any atom is -0.490 e. The SMILES string of the molecule is N#Cc1ccc(OCC2OCCc3ccccc32)cc1F. The molecule has 0 saturated carbocycles. The fraction of sp³-hybridized carbons (Fsp3) is 0.235. The van der Waals surface area contributed by atoms with E-state index in [0.29, 0.717) is 19.0 Å². The summed E-state index contributed by atoms with van der Waals surface area (Å²) in [4.78, 5) is 0. The number of ether oxygens (including phenoxy) is 2. The first kappa shape index (κ1) is 13.6. The monoisotopic (exact) mass is 283 g/mol. The maximum Gasteiger partial charge on any atom is 0.144 e. The summed E-state index contributed by atoms with van der Waals surface area (Å²) in [5, 5.41) is 8.70. The molecule has 0 saturated heterocycles. The molecule has 1 unspecified atom stereocenters. The van der Waals surface area contributed by atoms with E-state index in [1.54, 1.807) is 12.1 Å². The summed E-state index contributed by atoms with van der Waals surface area (Å²) in [6, 6.07) is 14.1. The van der Waals surface area contributed by atoms with Gasteiger partial charge in [0.25, 0.3) is 0 Å². The topological polar surface area (TPSA) is 42.2 Å². The molecule has 1 aliphatic rings. The number of nitrogens with zero attached hydrogens (tertiary/aromatic N) is 1. The van der Waals surface area contributed by atoms with Crippen LogP contribution in [-0.4, -0.2) is 13.2 Å². The van der Waals surface area contributed by atoms with Gasteiger partial charge in [-0.05, 0) is 29.7 Å². The maximum absolute atomic E-state index is 13.5. The van der Waals surface area contributed by atoms with E-state index in [1.165, 1.54) is 17.7 Å². The van der Waals surface area contributed by atoms with Gasteiger partial charge >= 0.3 is 0 Å². The van der Waals surface area contributed by atoms with E-state index in [-0.39, 0.29) is 11.7 Å². The number of halogens is 1. The molecule has 3 rings (SSSR count). The molecule has 1 heterocycles. The van der Waals surface area contributed by atoms with E-state index in [1.807, 2.05) is 18.2 Å². The molecule has 2 aromatic rings. The van der Waals surface area contributed by atoms with Crippen LogP contribution in [0, 0.1) is 17.1 Å². The van der Waals surface area contributed by atoms with Crippen LogP contribution in [0.1, 0.15) is 22.8 Å². The van der Waals surface area contributed by atoms with Gasteiger partial charge < -0.3 is 9.47 Å². The van der Waals surface area contributed by atoms with E-state index in [9.17, 15) is 4.39 Å². The molecular weight excluding hydrogens is 269 g/mol. The standard InChI is InChI=1S/C17H14FNO2/c18-16-9-14(6-5-13(16)10-19)21-11-17-15-4-2-1-3-12(15)7-8-20-17/h1-6,9,17H,7-8,11H2. The van der Waals surface area contributed by atoms with Crippen molar-refractivity contribution in [3.63, 3.8) is 0 Å². The van der Waals surface area contributed by atoms with Gasteiger partial charge in [-0.15, -0.1) is 0 Å². The van der Waals surface area contributed by atoms with Gasteiger partial charge in [-0.3, -0.25) is 0 Å². The second-order valence-corrected chi connectivity index (χ2v) is 4.87. The quantitative estimate of drug-likeness (QED) is 0.867. The Morgan fingerprint density at radius 3 is 2.95 bits per heavy atom. The summed E-state index contributed by atoms with van der Waals surface area (Å²) >= 11 is 0. The van der Waals surface area contributed by atoms with Gasteiger partial charge in [0.1, 0.15) is 30.3 Å². The summed E-state index contributed by atoms with van der Waals surface area (Å²) in [6.07, 6.45) is 0.756. The van der Waals surface area contributed by atoms with Gasteiger partial charge in [0.05, 0.1) is 12.2 Å². The predicted octanol–water partition coefficient (Wildman–Crippen LogP) is 3.39. The number of rotatable bonds is 3. The zero-order chi connectivity index (χ0) is 14.7. The smallest absolute Gasteiger partial charge is 0.144 e. The number of fused-ring (bicyclic) bond motifs is 1. The Kier molecular flexibility index (Phi) is 3.85. The zero-order valence-corrected chi connectivity index (χ0v) is 11.4. The first-order valence-electron chi connectivity index (χ1n) is 6.80. The summed E-state index contributed by atoms with van der Waals surface area (Å²) < 4.78 is 24.9. The molecule has 0 radical (unpaired) electrons. The van der Waals surface area contributed by atoms with Crippen molar-refractivity contribution in [2.24, 2.45) is 0 Å². The van der Waals surface area contributed by atoms with Crippen LogP contribution < -0.4 is 4.74 Å². The molecule has 1 atom stereocenters. The van der Waals surface area contributed by atoms with Crippen molar-refractivity contribution in [3.05, 3.63) is 65.0 Å². The molecule has 0 fully saturated rings. The fourth-order valence-corrected chi connectivity index (χ4v) is 2.46. The molecule has 3 nitrogen and oxygen atoms in total. The van der Waals surface area contributed by atoms with E-state index in [0.717, 1.165) is 12.0 Å². The van der Waals surface area contributed by atoms with Crippen molar-refractivity contribution in [2.75, 3.05) is 13.2 Å². The van der Waals surface area contributed by atoms with Gasteiger partial charge in [-0.25, -0.2) is 4.39 Å². The van der Waals surface area contributed by atoms with Gasteiger partial charge in [0.2, 0.25) is 0 Å². The van der Waals surface area contributed by atoms with Crippen molar-refractivity contribution >= 4 is 0 Å². The van der Waals surface area contributed by atoms with Crippen molar-refractivity contribution in [3.8, 4) is 11.8 Å². The molecule has 1 aliphatic heterocycles. The van der Waals surface area contributed by atoms with Crippen molar-refractivity contribution in [1.82, 2.24) is 0 Å². The van der Waals surface area contributed by atoms with Crippen LogP contribution in [0.3, 0.4) is 0 Å². The Balaban J connectivity index is 1.72. The molecule has 0 N–H and O–H groups in total. The van der Waals surface area contributed by atoms with Gasteiger partial charge in [0.15, 0.2) is 0 Å². The summed E-state index contributed by atoms with van der Waals surface area (Å²) in [5.41, 5.74) is 2.41. The minimum absolute atomic E-state index is 0.0154. The third-order valence-corrected chi connectivity index (χ3v) is 3.55. The lowest BCUT2D eigenvalue weighted by molar-refractivity contribution is 0.0101. The maximum atomic E-state index is 13.5. The Morgan fingerprint density at radius 1 is 1.29 bits per heavy atom. The first-order chi connectivity index (χ1) is 10.3. The summed E-state index contributed by atoms with van der Waals surface area (Å²) in [7, 11) is 0. The largest absolute Gasteiger partial charge is 0.490 e. The van der Waals surface area contributed by atoms with Crippen LogP contribution in [0.2, 0.25) is 0 Å². The number of nitriles is 1. The number of hydrogen-bond acceptors (Lipinski definition) is 3. The molecule has 0 aliphatic carbocycles. The van der Waals surface area contributed by atoms with E-state index >= 15 is 0 Å². The highest BCUT2D eigenvalue weighted by atomic mass is 19.1. The fourth-order valence-electron chi connectivity index (χ4n) is 2.46. The highest BCUT2D eigenvalue weighted by molar-refractivity contribution is 5.36. The zero-order valence-electron chi connectivity index (χ0n) is 11.4. The van der Waals surface area contributed by atoms with Gasteiger partial charge in [0, 0.05) is 6.07 Å². The molecule has 0 amide bonds. The van der Waals surface area contributed by atoms with Crippen molar-refractivity contribution in [2.45, 2.75) is 12.5 Å². The molecule has 106 valence electrons. The Labute approximate surface area is 122 Å². The average Bonchev–Trinajstić information content (AvgIpc) is 2.53. The second-order valence-electron chi connectivity index (χ2n) is 4.87. The van der Waals surface area contributed by atoms with Gasteiger partial charge in [-0.2, -0.15) is 5.26 Å². The first-order valence-corrected chi connectivity index (χ1v) is 6.80. The van der Waals surface area contributed by atoms with Gasteiger partial charge in [-0.1, -0.05) is 24.3 Å². The minimum atomic E-state index is -0.569. The van der Waals surface area contributed by atoms with Crippen LogP contribution in [0.5, 0.6) is 5.75 Å². The molecule has 0 aromatic heterocycles. The van der Waals surface area contributed by atoms with Crippen LogP contribution in [0.15, 0.2) is 42.5 Å². The lowest BCUT2D eigenvalue weighted by Gasteiger charge is -2.26. The lowest BCUT2D eigenvalue weighted by atomic mass is 9.98. The Hall–Kier alpha value is -2.38. The van der Waals surface area contributed by atoms with Crippen LogP contribution in [0.25, 0.3) is 0 Å². The Bertz CT molecular complexity index is 693. The summed E-state index contributed by atoms with van der Waals surface area (Å²) in [5.74, 6) is -0.168. The molecule has 0 bridgehead atoms. The normalized spacial score (nSPS) is 16.9. The lowest BCUT2D eigenvalue weighted by Crippen LogP contribution is -2.21. The average molecular weight is 283 g/mol. The predicted molar refractivity (Wildman–Crippen MR) is 75.4 cm³/mol. The van der Waals surface area contributed by atoms with E-state index in [2.05, 4.69) is 6.07 Å². The molecule has 4 heteroatoms. The van der Waals surface area contributed by atoms with E-state index in [4.69, 9.17) is 14.7 Å². The van der Waals surface area contributed by atoms with Crippen molar-refractivity contribution in [1.29, 1.82) is 5.26 Å². The van der Waals surface area contributed by atoms with E-state index < -0.39 is 5.82 Å². The molecule has 21 heavy (non-hydrogen) atoms. The number of benzene rings is 2. The highest BCUT2D eigenvalue weighted by Crippen LogP contribution is 2.28. The third-order valence-electron chi connectivity index (χ3n) is 3.55. The molecular formula is C17H14FNO2. The summed E-state index contributed by atoms with van der Waals surface area (Å²) in [6.45, 7) is 0.981. The highest BCUT2D eigenvalue weighted by Gasteiger charge is 2.21. The van der Waals surface area contributed by atoms with Crippen molar-refractivity contribution < 1.29 is 13.9 Å². The Morgan fingerprint density at radius 2 is 2.14 bits per heavy atom. The second kappa shape index (κ2) is 5.94. The third kappa shape index (κ3) is 2.88. The number of hydrogen-bond donors (Lipinski definition) is 0. The molecule has 0 spiro atoms. The van der Waals surface area contributed by atoms with Crippen LogP contribution >= 0.6 is 0 Å².